The first-order valence-corrected chi connectivity index (χ1v) is 7.57. The van der Waals surface area contributed by atoms with Crippen LogP contribution in [-0.2, 0) is 9.59 Å². The van der Waals surface area contributed by atoms with Crippen molar-refractivity contribution in [1.29, 1.82) is 0 Å². The van der Waals surface area contributed by atoms with Gasteiger partial charge < -0.3 is 20.1 Å². The van der Waals surface area contributed by atoms with Gasteiger partial charge in [-0.2, -0.15) is 0 Å². The SMILES string of the molecule is CC(=O)N[C@H]1CCN(C(=O)COc2ccc(F)cc2)CC[C@@H]1O. The summed E-state index contributed by atoms with van der Waals surface area (Å²) in [7, 11) is 0. The Bertz CT molecular complexity index is 550. The summed E-state index contributed by atoms with van der Waals surface area (Å²) in [5.41, 5.74) is 0. The molecule has 1 aliphatic rings. The summed E-state index contributed by atoms with van der Waals surface area (Å²) < 4.78 is 18.1. The molecule has 2 atom stereocenters. The number of rotatable bonds is 4. The molecule has 0 unspecified atom stereocenters. The zero-order valence-corrected chi connectivity index (χ0v) is 13.0. The van der Waals surface area contributed by atoms with Crippen molar-refractivity contribution >= 4 is 11.8 Å². The van der Waals surface area contributed by atoms with Gasteiger partial charge in [0.15, 0.2) is 6.61 Å². The second kappa shape index (κ2) is 7.92. The first-order valence-electron chi connectivity index (χ1n) is 7.57. The molecule has 7 heteroatoms. The van der Waals surface area contributed by atoms with Gasteiger partial charge in [0.25, 0.3) is 5.91 Å². The predicted octanol–water partition coefficient (Wildman–Crippen LogP) is 0.692. The summed E-state index contributed by atoms with van der Waals surface area (Å²) in [4.78, 5) is 24.9. The molecule has 2 amide bonds. The number of benzene rings is 1. The Morgan fingerprint density at radius 2 is 1.96 bits per heavy atom. The number of carbonyl (C=O) groups is 2. The van der Waals surface area contributed by atoms with E-state index in [2.05, 4.69) is 5.32 Å². The van der Waals surface area contributed by atoms with Gasteiger partial charge in [0.1, 0.15) is 11.6 Å². The molecule has 2 rings (SSSR count). The zero-order valence-electron chi connectivity index (χ0n) is 13.0. The van der Waals surface area contributed by atoms with E-state index in [-0.39, 0.29) is 30.3 Å². The average Bonchev–Trinajstić information content (AvgIpc) is 2.69. The number of nitrogens with zero attached hydrogens (tertiary/aromatic N) is 1. The fraction of sp³-hybridized carbons (Fsp3) is 0.500. The van der Waals surface area contributed by atoms with Crippen LogP contribution in [-0.4, -0.2) is 53.7 Å². The molecule has 2 N–H and O–H groups in total. The highest BCUT2D eigenvalue weighted by Gasteiger charge is 2.27. The Hall–Kier alpha value is -2.15. The minimum atomic E-state index is -0.672. The smallest absolute Gasteiger partial charge is 0.260 e. The van der Waals surface area contributed by atoms with Crippen molar-refractivity contribution in [1.82, 2.24) is 10.2 Å². The summed E-state index contributed by atoms with van der Waals surface area (Å²) in [5, 5.41) is 12.7. The van der Waals surface area contributed by atoms with E-state index in [1.54, 1.807) is 4.90 Å². The first-order chi connectivity index (χ1) is 11.0. The second-order valence-electron chi connectivity index (χ2n) is 5.58. The van der Waals surface area contributed by atoms with Crippen LogP contribution in [0.15, 0.2) is 24.3 Å². The number of amides is 2. The van der Waals surface area contributed by atoms with Crippen molar-refractivity contribution in [3.8, 4) is 5.75 Å². The summed E-state index contributed by atoms with van der Waals surface area (Å²) in [5.74, 6) is -0.349. The van der Waals surface area contributed by atoms with Gasteiger partial charge in [0.2, 0.25) is 5.91 Å². The van der Waals surface area contributed by atoms with E-state index in [0.29, 0.717) is 31.7 Å². The van der Waals surface area contributed by atoms with E-state index in [9.17, 15) is 19.1 Å². The average molecular weight is 324 g/mol. The number of halogens is 1. The van der Waals surface area contributed by atoms with Crippen LogP contribution in [0.25, 0.3) is 0 Å². The molecule has 1 fully saturated rings. The largest absolute Gasteiger partial charge is 0.484 e. The Morgan fingerprint density at radius 3 is 2.61 bits per heavy atom. The van der Waals surface area contributed by atoms with Gasteiger partial charge in [0, 0.05) is 20.0 Å². The Labute approximate surface area is 134 Å². The lowest BCUT2D eigenvalue weighted by atomic mass is 10.1. The van der Waals surface area contributed by atoms with E-state index in [1.165, 1.54) is 31.2 Å². The van der Waals surface area contributed by atoms with E-state index >= 15 is 0 Å². The molecule has 0 aliphatic carbocycles. The normalized spacial score (nSPS) is 21.4. The summed E-state index contributed by atoms with van der Waals surface area (Å²) in [6.07, 6.45) is 0.214. The van der Waals surface area contributed by atoms with Crippen molar-refractivity contribution in [3.63, 3.8) is 0 Å². The Kier molecular flexibility index (Phi) is 5.92. The summed E-state index contributed by atoms with van der Waals surface area (Å²) in [6.45, 7) is 2.10. The molecular weight excluding hydrogens is 303 g/mol. The Balaban J connectivity index is 1.85. The first kappa shape index (κ1) is 17.2. The molecule has 1 aliphatic heterocycles. The number of hydrogen-bond acceptors (Lipinski definition) is 4. The molecule has 6 nitrogen and oxygen atoms in total. The van der Waals surface area contributed by atoms with Gasteiger partial charge in [0.05, 0.1) is 12.1 Å². The van der Waals surface area contributed by atoms with E-state index in [4.69, 9.17) is 4.74 Å². The van der Waals surface area contributed by atoms with Crippen LogP contribution in [0.2, 0.25) is 0 Å². The highest BCUT2D eigenvalue weighted by molar-refractivity contribution is 5.78. The number of ether oxygens (including phenoxy) is 1. The van der Waals surface area contributed by atoms with Crippen molar-refractivity contribution in [2.45, 2.75) is 31.9 Å². The van der Waals surface area contributed by atoms with Crippen LogP contribution in [0.5, 0.6) is 5.75 Å². The lowest BCUT2D eigenvalue weighted by molar-refractivity contribution is -0.133. The number of hydrogen-bond donors (Lipinski definition) is 2. The topological polar surface area (TPSA) is 78.9 Å². The van der Waals surface area contributed by atoms with Crippen LogP contribution < -0.4 is 10.1 Å². The van der Waals surface area contributed by atoms with Gasteiger partial charge in [-0.25, -0.2) is 4.39 Å². The maximum Gasteiger partial charge on any atom is 0.260 e. The number of aliphatic hydroxyl groups is 1. The summed E-state index contributed by atoms with van der Waals surface area (Å²) >= 11 is 0. The molecule has 0 aromatic heterocycles. The third kappa shape index (κ3) is 5.21. The summed E-state index contributed by atoms with van der Waals surface area (Å²) in [6, 6.07) is 5.10. The van der Waals surface area contributed by atoms with Crippen LogP contribution in [0.4, 0.5) is 4.39 Å². The molecule has 0 bridgehead atoms. The second-order valence-corrected chi connectivity index (χ2v) is 5.58. The van der Waals surface area contributed by atoms with Crippen LogP contribution in [0, 0.1) is 5.82 Å². The maximum absolute atomic E-state index is 12.8. The minimum absolute atomic E-state index is 0.146. The minimum Gasteiger partial charge on any atom is -0.484 e. The van der Waals surface area contributed by atoms with Crippen molar-refractivity contribution in [2.24, 2.45) is 0 Å². The number of nitrogens with one attached hydrogen (secondary N) is 1. The maximum atomic E-state index is 12.8. The van der Waals surface area contributed by atoms with Gasteiger partial charge in [-0.1, -0.05) is 0 Å². The van der Waals surface area contributed by atoms with Gasteiger partial charge in [-0.05, 0) is 37.1 Å². The highest BCUT2D eigenvalue weighted by atomic mass is 19.1. The highest BCUT2D eigenvalue weighted by Crippen LogP contribution is 2.14. The fourth-order valence-corrected chi connectivity index (χ4v) is 2.53. The third-order valence-corrected chi connectivity index (χ3v) is 3.79. The van der Waals surface area contributed by atoms with Crippen LogP contribution in [0.1, 0.15) is 19.8 Å². The van der Waals surface area contributed by atoms with Crippen molar-refractivity contribution in [3.05, 3.63) is 30.1 Å². The lowest BCUT2D eigenvalue weighted by Gasteiger charge is -2.21. The molecule has 0 spiro atoms. The van der Waals surface area contributed by atoms with Crippen LogP contribution >= 0.6 is 0 Å². The van der Waals surface area contributed by atoms with Crippen molar-refractivity contribution < 1.29 is 23.8 Å². The van der Waals surface area contributed by atoms with Gasteiger partial charge in [-0.3, -0.25) is 9.59 Å². The van der Waals surface area contributed by atoms with E-state index in [0.717, 1.165) is 0 Å². The number of carbonyl (C=O) groups excluding carboxylic acids is 2. The third-order valence-electron chi connectivity index (χ3n) is 3.79. The molecule has 0 radical (unpaired) electrons. The molecule has 1 aromatic carbocycles. The number of aliphatic hydroxyl groups excluding tert-OH is 1. The monoisotopic (exact) mass is 324 g/mol. The number of likely N-dealkylation sites (tertiary alicyclic amines) is 1. The van der Waals surface area contributed by atoms with E-state index < -0.39 is 6.10 Å². The predicted molar refractivity (Wildman–Crippen MR) is 81.3 cm³/mol. The van der Waals surface area contributed by atoms with Gasteiger partial charge in [-0.15, -0.1) is 0 Å². The quantitative estimate of drug-likeness (QED) is 0.854. The molecule has 1 aromatic rings. The molecule has 126 valence electrons. The fourth-order valence-electron chi connectivity index (χ4n) is 2.53. The lowest BCUT2D eigenvalue weighted by Crippen LogP contribution is -2.42. The molecular formula is C16H21FN2O4. The standard InChI is InChI=1S/C16H21FN2O4/c1-11(20)18-14-6-8-19(9-7-15(14)21)16(22)10-23-13-4-2-12(17)3-5-13/h2-5,14-15,21H,6-10H2,1H3,(H,18,20)/t14-,15-/m0/s1. The molecule has 23 heavy (non-hydrogen) atoms. The zero-order chi connectivity index (χ0) is 16.8. The van der Waals surface area contributed by atoms with E-state index in [1.807, 2.05) is 0 Å². The molecule has 1 saturated heterocycles. The molecule has 1 heterocycles. The Morgan fingerprint density at radius 1 is 1.30 bits per heavy atom. The molecule has 0 saturated carbocycles. The van der Waals surface area contributed by atoms with Crippen LogP contribution in [0.3, 0.4) is 0 Å². The van der Waals surface area contributed by atoms with Crippen molar-refractivity contribution in [2.75, 3.05) is 19.7 Å². The van der Waals surface area contributed by atoms with Gasteiger partial charge >= 0.3 is 0 Å².